The summed E-state index contributed by atoms with van der Waals surface area (Å²) in [7, 11) is 1.93. The van der Waals surface area contributed by atoms with Crippen LogP contribution in [0.1, 0.15) is 38.1 Å². The first-order valence-corrected chi connectivity index (χ1v) is 7.49. The Bertz CT molecular complexity index is 431. The maximum atomic E-state index is 11.1. The first-order chi connectivity index (χ1) is 8.99. The maximum absolute atomic E-state index is 11.1. The summed E-state index contributed by atoms with van der Waals surface area (Å²) >= 11 is 3.60. The fourth-order valence-electron chi connectivity index (χ4n) is 2.02. The zero-order chi connectivity index (χ0) is 14.4. The van der Waals surface area contributed by atoms with E-state index in [9.17, 15) is 4.79 Å². The molecule has 1 rings (SSSR count). The van der Waals surface area contributed by atoms with Crippen LogP contribution < -0.4 is 5.73 Å². The predicted octanol–water partition coefficient (Wildman–Crippen LogP) is 1.83. The molecule has 0 aliphatic rings. The minimum Gasteiger partial charge on any atom is -0.369 e. The van der Waals surface area contributed by atoms with Crippen LogP contribution >= 0.6 is 15.9 Å². The number of rotatable bonds is 8. The van der Waals surface area contributed by atoms with Gasteiger partial charge in [0.1, 0.15) is 0 Å². The molecule has 0 aliphatic heterocycles. The molecule has 0 saturated carbocycles. The number of amides is 1. The molecule has 0 bridgehead atoms. The van der Waals surface area contributed by atoms with E-state index in [0.717, 1.165) is 41.7 Å². The van der Waals surface area contributed by atoms with Crippen LogP contribution in [0.4, 0.5) is 0 Å². The second-order valence-electron chi connectivity index (χ2n) is 4.72. The molecule has 0 aliphatic carbocycles. The van der Waals surface area contributed by atoms with Crippen LogP contribution in [0.5, 0.6) is 0 Å². The second kappa shape index (κ2) is 7.65. The van der Waals surface area contributed by atoms with Crippen molar-refractivity contribution in [3.8, 4) is 0 Å². The number of nitrogens with zero attached hydrogens (tertiary/aromatic N) is 3. The van der Waals surface area contributed by atoms with Crippen LogP contribution in [0.15, 0.2) is 4.47 Å². The molecule has 19 heavy (non-hydrogen) atoms. The van der Waals surface area contributed by atoms with Gasteiger partial charge in [-0.25, -0.2) is 0 Å². The van der Waals surface area contributed by atoms with E-state index in [2.05, 4.69) is 39.8 Å². The topological polar surface area (TPSA) is 64.2 Å². The Morgan fingerprint density at radius 3 is 2.63 bits per heavy atom. The summed E-state index contributed by atoms with van der Waals surface area (Å²) in [5, 5.41) is 4.47. The van der Waals surface area contributed by atoms with Gasteiger partial charge in [-0.2, -0.15) is 5.10 Å². The zero-order valence-corrected chi connectivity index (χ0v) is 13.5. The van der Waals surface area contributed by atoms with Gasteiger partial charge in [-0.1, -0.05) is 20.3 Å². The summed E-state index contributed by atoms with van der Waals surface area (Å²) in [5.74, 6) is -0.287. The molecule has 1 aromatic rings. The molecule has 2 N–H and O–H groups in total. The first kappa shape index (κ1) is 16.2. The molecule has 1 aromatic heterocycles. The van der Waals surface area contributed by atoms with Gasteiger partial charge in [0.15, 0.2) is 0 Å². The standard InChI is InChI=1S/C13H23BrN4O/c1-4-6-7-18(9-12(15)19)8-11-13(14)10(5-2)16-17(11)3/h4-9H2,1-3H3,(H2,15,19). The van der Waals surface area contributed by atoms with Crippen LogP contribution in [-0.4, -0.2) is 33.7 Å². The second-order valence-corrected chi connectivity index (χ2v) is 5.51. The molecule has 108 valence electrons. The zero-order valence-electron chi connectivity index (χ0n) is 11.9. The summed E-state index contributed by atoms with van der Waals surface area (Å²) < 4.78 is 2.92. The molecular formula is C13H23BrN4O. The van der Waals surface area contributed by atoms with Crippen molar-refractivity contribution in [2.24, 2.45) is 12.8 Å². The number of primary amides is 1. The maximum Gasteiger partial charge on any atom is 0.231 e. The average Bonchev–Trinajstić information content (AvgIpc) is 2.62. The van der Waals surface area contributed by atoms with E-state index >= 15 is 0 Å². The van der Waals surface area contributed by atoms with Crippen molar-refractivity contribution in [1.82, 2.24) is 14.7 Å². The van der Waals surface area contributed by atoms with E-state index in [1.165, 1.54) is 0 Å². The third-order valence-electron chi connectivity index (χ3n) is 3.08. The Morgan fingerprint density at radius 2 is 2.16 bits per heavy atom. The first-order valence-electron chi connectivity index (χ1n) is 6.70. The quantitative estimate of drug-likeness (QED) is 0.790. The molecule has 0 radical (unpaired) electrons. The predicted molar refractivity (Wildman–Crippen MR) is 79.7 cm³/mol. The summed E-state index contributed by atoms with van der Waals surface area (Å²) in [6.45, 7) is 6.07. The van der Waals surface area contributed by atoms with Gasteiger partial charge in [-0.05, 0) is 35.3 Å². The molecule has 1 amide bonds. The van der Waals surface area contributed by atoms with Gasteiger partial charge in [-0.15, -0.1) is 0 Å². The van der Waals surface area contributed by atoms with Crippen LogP contribution in [0.25, 0.3) is 0 Å². The number of unbranched alkanes of at least 4 members (excludes halogenated alkanes) is 1. The average molecular weight is 331 g/mol. The smallest absolute Gasteiger partial charge is 0.231 e. The highest BCUT2D eigenvalue weighted by atomic mass is 79.9. The molecule has 6 heteroatoms. The van der Waals surface area contributed by atoms with Crippen molar-refractivity contribution < 1.29 is 4.79 Å². The van der Waals surface area contributed by atoms with E-state index in [4.69, 9.17) is 5.73 Å². The Labute approximate surface area is 123 Å². The molecular weight excluding hydrogens is 308 g/mol. The molecule has 0 fully saturated rings. The molecule has 0 aromatic carbocycles. The van der Waals surface area contributed by atoms with Crippen LogP contribution in [0.3, 0.4) is 0 Å². The van der Waals surface area contributed by atoms with E-state index in [0.29, 0.717) is 13.1 Å². The lowest BCUT2D eigenvalue weighted by atomic mass is 10.2. The lowest BCUT2D eigenvalue weighted by Gasteiger charge is -2.20. The van der Waals surface area contributed by atoms with Gasteiger partial charge >= 0.3 is 0 Å². The normalized spacial score (nSPS) is 11.2. The molecule has 1 heterocycles. The largest absolute Gasteiger partial charge is 0.369 e. The number of nitrogens with two attached hydrogens (primary N) is 1. The van der Waals surface area contributed by atoms with Gasteiger partial charge in [0, 0.05) is 13.6 Å². The summed E-state index contributed by atoms with van der Waals surface area (Å²) in [4.78, 5) is 13.2. The Balaban J connectivity index is 2.82. The van der Waals surface area contributed by atoms with E-state index in [1.807, 2.05) is 11.7 Å². The highest BCUT2D eigenvalue weighted by Crippen LogP contribution is 2.23. The third kappa shape index (κ3) is 4.62. The number of hydrogen-bond acceptors (Lipinski definition) is 3. The molecule has 0 unspecified atom stereocenters. The fraction of sp³-hybridized carbons (Fsp3) is 0.692. The fourth-order valence-corrected chi connectivity index (χ4v) is 2.76. The van der Waals surface area contributed by atoms with Crippen molar-refractivity contribution >= 4 is 21.8 Å². The molecule has 0 saturated heterocycles. The van der Waals surface area contributed by atoms with Gasteiger partial charge in [0.25, 0.3) is 0 Å². The highest BCUT2D eigenvalue weighted by molar-refractivity contribution is 9.10. The minimum atomic E-state index is -0.287. The van der Waals surface area contributed by atoms with Crippen molar-refractivity contribution in [3.63, 3.8) is 0 Å². The molecule has 5 nitrogen and oxygen atoms in total. The van der Waals surface area contributed by atoms with E-state index < -0.39 is 0 Å². The van der Waals surface area contributed by atoms with Crippen LogP contribution in [0.2, 0.25) is 0 Å². The lowest BCUT2D eigenvalue weighted by molar-refractivity contribution is -0.119. The van der Waals surface area contributed by atoms with Crippen molar-refractivity contribution in [3.05, 3.63) is 15.9 Å². The van der Waals surface area contributed by atoms with Crippen molar-refractivity contribution in [2.45, 2.75) is 39.7 Å². The Hall–Kier alpha value is -0.880. The minimum absolute atomic E-state index is 0.287. The van der Waals surface area contributed by atoms with Crippen molar-refractivity contribution in [1.29, 1.82) is 0 Å². The Kier molecular flexibility index (Phi) is 6.51. The van der Waals surface area contributed by atoms with Crippen molar-refractivity contribution in [2.75, 3.05) is 13.1 Å². The number of aromatic nitrogens is 2. The molecule has 0 spiro atoms. The van der Waals surface area contributed by atoms with Crippen LogP contribution in [0, 0.1) is 0 Å². The van der Waals surface area contributed by atoms with Gasteiger partial charge in [0.2, 0.25) is 5.91 Å². The number of halogens is 1. The monoisotopic (exact) mass is 330 g/mol. The SMILES string of the molecule is CCCCN(CC(N)=O)Cc1c(Br)c(CC)nn1C. The van der Waals surface area contributed by atoms with E-state index in [1.54, 1.807) is 0 Å². The Morgan fingerprint density at radius 1 is 1.47 bits per heavy atom. The van der Waals surface area contributed by atoms with Gasteiger partial charge in [-0.3, -0.25) is 14.4 Å². The van der Waals surface area contributed by atoms with Gasteiger partial charge < -0.3 is 5.73 Å². The number of carbonyl (C=O) groups is 1. The number of aryl methyl sites for hydroxylation is 2. The summed E-state index contributed by atoms with van der Waals surface area (Å²) in [5.41, 5.74) is 7.45. The number of hydrogen-bond donors (Lipinski definition) is 1. The molecule has 0 atom stereocenters. The third-order valence-corrected chi connectivity index (χ3v) is 4.00. The van der Waals surface area contributed by atoms with E-state index in [-0.39, 0.29) is 5.91 Å². The summed E-state index contributed by atoms with van der Waals surface area (Å²) in [6.07, 6.45) is 3.05. The highest BCUT2D eigenvalue weighted by Gasteiger charge is 2.16. The number of carbonyl (C=O) groups excluding carboxylic acids is 1. The lowest BCUT2D eigenvalue weighted by Crippen LogP contribution is -2.34. The van der Waals surface area contributed by atoms with Crippen LogP contribution in [-0.2, 0) is 24.8 Å². The van der Waals surface area contributed by atoms with Gasteiger partial charge in [0.05, 0.1) is 22.4 Å². The summed E-state index contributed by atoms with van der Waals surface area (Å²) in [6, 6.07) is 0.